The summed E-state index contributed by atoms with van der Waals surface area (Å²) in [6, 6.07) is 3.19. The number of halogens is 4. The molecule has 0 spiro atoms. The molecule has 0 saturated carbocycles. The van der Waals surface area contributed by atoms with E-state index in [1.54, 1.807) is 12.1 Å². The predicted molar refractivity (Wildman–Crippen MR) is 59.7 cm³/mol. The van der Waals surface area contributed by atoms with Gasteiger partial charge >= 0.3 is 6.18 Å². The van der Waals surface area contributed by atoms with Gasteiger partial charge in [0.2, 0.25) is 0 Å². The first-order chi connectivity index (χ1) is 7.52. The van der Waals surface area contributed by atoms with E-state index >= 15 is 0 Å². The van der Waals surface area contributed by atoms with E-state index in [1.165, 1.54) is 10.6 Å². The molecule has 86 valence electrons. The van der Waals surface area contributed by atoms with Crippen molar-refractivity contribution in [2.24, 2.45) is 0 Å². The largest absolute Gasteiger partial charge is 0.479 e. The Bertz CT molecular complexity index is 509. The number of pyridine rings is 1. The number of alkyl halides is 4. The van der Waals surface area contributed by atoms with Gasteiger partial charge in [0.15, 0.2) is 17.1 Å². The maximum Gasteiger partial charge on any atom is 0.434 e. The predicted octanol–water partition coefficient (Wildman–Crippen LogP) is 3.12. The van der Waals surface area contributed by atoms with Gasteiger partial charge in [0.05, 0.1) is 0 Å². The molecule has 0 amide bonds. The highest BCUT2D eigenvalue weighted by molar-refractivity contribution is 14.1. The molecule has 0 N–H and O–H groups in total. The molecule has 0 aliphatic carbocycles. The van der Waals surface area contributed by atoms with E-state index in [2.05, 4.69) is 4.98 Å². The second-order valence-electron chi connectivity index (χ2n) is 2.98. The van der Waals surface area contributed by atoms with Crippen molar-refractivity contribution in [3.05, 3.63) is 30.2 Å². The van der Waals surface area contributed by atoms with Gasteiger partial charge in [-0.1, -0.05) is 0 Å². The molecule has 7 heteroatoms. The first-order valence-corrected chi connectivity index (χ1v) is 5.78. The second-order valence-corrected chi connectivity index (χ2v) is 3.60. The summed E-state index contributed by atoms with van der Waals surface area (Å²) in [7, 11) is 0. The summed E-state index contributed by atoms with van der Waals surface area (Å²) < 4.78 is 44.1. The average Bonchev–Trinajstić information content (AvgIpc) is 2.62. The quantitative estimate of drug-likeness (QED) is 0.619. The summed E-state index contributed by atoms with van der Waals surface area (Å²) >= 11 is 1.97. The highest BCUT2D eigenvalue weighted by atomic mass is 127. The highest BCUT2D eigenvalue weighted by Gasteiger charge is 2.34. The van der Waals surface area contributed by atoms with Gasteiger partial charge in [-0.2, -0.15) is 13.2 Å². The van der Waals surface area contributed by atoms with E-state index in [9.17, 15) is 13.2 Å². The Morgan fingerprint density at radius 3 is 2.81 bits per heavy atom. The molecule has 3 nitrogen and oxygen atoms in total. The number of hydrogen-bond acceptors (Lipinski definition) is 2. The number of ether oxygens (including phenoxy) is 1. The topological polar surface area (TPSA) is 26.5 Å². The Labute approximate surface area is 102 Å². The van der Waals surface area contributed by atoms with Crippen LogP contribution in [0.3, 0.4) is 0 Å². The fraction of sp³-hybridized carbons (Fsp3) is 0.222. The first kappa shape index (κ1) is 11.5. The SMILES string of the molecule is FC(F)(F)c1cn2cccc(OCI)c2n1. The van der Waals surface area contributed by atoms with Crippen LogP contribution in [0.25, 0.3) is 5.65 Å². The molecule has 0 saturated heterocycles. The first-order valence-electron chi connectivity index (χ1n) is 4.26. The molecule has 0 aliphatic rings. The van der Waals surface area contributed by atoms with Gasteiger partial charge in [-0.15, -0.1) is 0 Å². The zero-order valence-corrected chi connectivity index (χ0v) is 9.99. The molecule has 2 rings (SSSR count). The molecule has 0 aromatic carbocycles. The molecule has 2 aromatic rings. The second kappa shape index (κ2) is 4.11. The zero-order valence-electron chi connectivity index (χ0n) is 7.83. The molecule has 0 atom stereocenters. The van der Waals surface area contributed by atoms with E-state index in [1.807, 2.05) is 22.6 Å². The Morgan fingerprint density at radius 1 is 1.44 bits per heavy atom. The van der Waals surface area contributed by atoms with Crippen LogP contribution in [0.2, 0.25) is 0 Å². The Hall–Kier alpha value is -0.990. The minimum Gasteiger partial charge on any atom is -0.479 e. The number of fused-ring (bicyclic) bond motifs is 1. The molecule has 0 radical (unpaired) electrons. The fourth-order valence-corrected chi connectivity index (χ4v) is 1.63. The minimum absolute atomic E-state index is 0.173. The van der Waals surface area contributed by atoms with Crippen LogP contribution in [-0.2, 0) is 6.18 Å². The molecular formula is C9H6F3IN2O. The third-order valence-corrected chi connectivity index (χ3v) is 2.26. The van der Waals surface area contributed by atoms with E-state index in [0.29, 0.717) is 10.4 Å². The van der Waals surface area contributed by atoms with Crippen molar-refractivity contribution < 1.29 is 17.9 Å². The van der Waals surface area contributed by atoms with Crippen molar-refractivity contribution in [1.82, 2.24) is 9.38 Å². The average molecular weight is 342 g/mol. The Morgan fingerprint density at radius 2 is 2.19 bits per heavy atom. The third kappa shape index (κ3) is 2.08. The lowest BCUT2D eigenvalue weighted by Crippen LogP contribution is -2.04. The molecule has 16 heavy (non-hydrogen) atoms. The van der Waals surface area contributed by atoms with Crippen LogP contribution in [-0.4, -0.2) is 14.0 Å². The summed E-state index contributed by atoms with van der Waals surface area (Å²) in [6.45, 7) is 0. The van der Waals surface area contributed by atoms with Crippen LogP contribution in [0.4, 0.5) is 13.2 Å². The van der Waals surface area contributed by atoms with Crippen molar-refractivity contribution in [3.63, 3.8) is 0 Å². The van der Waals surface area contributed by atoms with Gasteiger partial charge in [0.25, 0.3) is 0 Å². The normalized spacial score (nSPS) is 12.0. The monoisotopic (exact) mass is 342 g/mol. The smallest absolute Gasteiger partial charge is 0.434 e. The van der Waals surface area contributed by atoms with Crippen molar-refractivity contribution in [3.8, 4) is 5.75 Å². The Kier molecular flexibility index (Phi) is 2.96. The van der Waals surface area contributed by atoms with Crippen LogP contribution in [0.1, 0.15) is 5.69 Å². The number of aromatic nitrogens is 2. The summed E-state index contributed by atoms with van der Waals surface area (Å²) in [4.78, 5) is 3.51. The standard InChI is InChI=1S/C9H6F3IN2O/c10-9(11,12)7-4-15-3-1-2-6(16-5-13)8(15)14-7/h1-4H,5H2. The maximum absolute atomic E-state index is 12.4. The van der Waals surface area contributed by atoms with Gasteiger partial charge < -0.3 is 9.14 Å². The summed E-state index contributed by atoms with van der Waals surface area (Å²) in [5.41, 5.74) is -0.747. The molecule has 0 unspecified atom stereocenters. The van der Waals surface area contributed by atoms with Crippen molar-refractivity contribution in [2.75, 3.05) is 4.61 Å². The summed E-state index contributed by atoms with van der Waals surface area (Å²) in [5.74, 6) is 0.340. The van der Waals surface area contributed by atoms with Crippen molar-refractivity contribution in [1.29, 1.82) is 0 Å². The van der Waals surface area contributed by atoms with Crippen LogP contribution in [0.15, 0.2) is 24.5 Å². The van der Waals surface area contributed by atoms with Crippen LogP contribution >= 0.6 is 22.6 Å². The number of nitrogens with zero attached hydrogens (tertiary/aromatic N) is 2. The minimum atomic E-state index is -4.44. The summed E-state index contributed by atoms with van der Waals surface area (Å²) in [5, 5.41) is 0. The van der Waals surface area contributed by atoms with Gasteiger partial charge in [0.1, 0.15) is 4.61 Å². The van der Waals surface area contributed by atoms with E-state index < -0.39 is 11.9 Å². The van der Waals surface area contributed by atoms with Gasteiger partial charge in [-0.25, -0.2) is 4.98 Å². The van der Waals surface area contributed by atoms with E-state index in [4.69, 9.17) is 4.74 Å². The van der Waals surface area contributed by atoms with Crippen molar-refractivity contribution in [2.45, 2.75) is 6.18 Å². The maximum atomic E-state index is 12.4. The lowest BCUT2D eigenvalue weighted by atomic mass is 10.4. The van der Waals surface area contributed by atoms with Crippen LogP contribution < -0.4 is 4.74 Å². The van der Waals surface area contributed by atoms with Crippen LogP contribution in [0.5, 0.6) is 5.75 Å². The lowest BCUT2D eigenvalue weighted by Gasteiger charge is -2.02. The molecule has 0 aliphatic heterocycles. The molecule has 0 fully saturated rings. The molecule has 2 aromatic heterocycles. The molecule has 2 heterocycles. The Balaban J connectivity index is 2.57. The fourth-order valence-electron chi connectivity index (χ4n) is 1.30. The third-order valence-electron chi connectivity index (χ3n) is 1.95. The van der Waals surface area contributed by atoms with Crippen LogP contribution in [0, 0.1) is 0 Å². The van der Waals surface area contributed by atoms with Gasteiger partial charge in [-0.3, -0.25) is 0 Å². The lowest BCUT2D eigenvalue weighted by molar-refractivity contribution is -0.140. The number of hydrogen-bond donors (Lipinski definition) is 0. The summed E-state index contributed by atoms with van der Waals surface area (Å²) in [6.07, 6.45) is -2.00. The number of rotatable bonds is 2. The van der Waals surface area contributed by atoms with Gasteiger partial charge in [-0.05, 0) is 34.7 Å². The van der Waals surface area contributed by atoms with Gasteiger partial charge in [0, 0.05) is 12.4 Å². The number of imidazole rings is 1. The highest BCUT2D eigenvalue weighted by Crippen LogP contribution is 2.30. The molecular weight excluding hydrogens is 336 g/mol. The zero-order chi connectivity index (χ0) is 11.8. The van der Waals surface area contributed by atoms with E-state index in [-0.39, 0.29) is 5.65 Å². The molecule has 0 bridgehead atoms. The van der Waals surface area contributed by atoms with E-state index in [0.717, 1.165) is 6.20 Å². The van der Waals surface area contributed by atoms with Crippen molar-refractivity contribution >= 4 is 28.2 Å².